The van der Waals surface area contributed by atoms with E-state index >= 15 is 0 Å². The lowest BCUT2D eigenvalue weighted by atomic mass is 9.45. The van der Waals surface area contributed by atoms with Crippen LogP contribution < -0.4 is 0 Å². The number of carbonyl (C=O) groups is 2. The lowest BCUT2D eigenvalue weighted by Gasteiger charge is -2.61. The third-order valence-corrected chi connectivity index (χ3v) is 9.14. The van der Waals surface area contributed by atoms with Crippen molar-refractivity contribution in [2.75, 3.05) is 11.5 Å². The molecule has 8 heteroatoms. The van der Waals surface area contributed by atoms with E-state index in [1.54, 1.807) is 0 Å². The molecule has 0 aromatic carbocycles. The maximum absolute atomic E-state index is 12.7. The number of ether oxygens (including phenoxy) is 1. The number of esters is 1. The van der Waals surface area contributed by atoms with Crippen LogP contribution in [0.4, 0.5) is 0 Å². The van der Waals surface area contributed by atoms with Crippen molar-refractivity contribution in [3.8, 4) is 0 Å². The van der Waals surface area contributed by atoms with Gasteiger partial charge in [0.15, 0.2) is 9.84 Å². The summed E-state index contributed by atoms with van der Waals surface area (Å²) in [6.45, 7) is 6.75. The molecule has 2 bridgehead atoms. The Bertz CT molecular complexity index is 803. The summed E-state index contributed by atoms with van der Waals surface area (Å²) in [4.78, 5) is 24.9. The van der Waals surface area contributed by atoms with Crippen molar-refractivity contribution in [3.63, 3.8) is 0 Å². The number of sulfone groups is 1. The number of nitrogens with zero attached hydrogens (tertiary/aromatic N) is 2. The molecule has 5 atom stereocenters. The molecule has 5 aliphatic rings. The largest absolute Gasteiger partial charge is 0.458 e. The zero-order valence-corrected chi connectivity index (χ0v) is 17.0. The van der Waals surface area contributed by atoms with E-state index in [-0.39, 0.29) is 42.1 Å². The van der Waals surface area contributed by atoms with Crippen LogP contribution in [-0.2, 0) is 24.2 Å². The fraction of sp³-hybridized carbons (Fsp3) is 0.842. The van der Waals surface area contributed by atoms with Gasteiger partial charge in [0, 0.05) is 12.8 Å². The highest BCUT2D eigenvalue weighted by atomic mass is 32.2. The van der Waals surface area contributed by atoms with Gasteiger partial charge in [-0.25, -0.2) is 18.2 Å². The van der Waals surface area contributed by atoms with Gasteiger partial charge in [-0.2, -0.15) is 5.10 Å². The lowest BCUT2D eigenvalue weighted by Crippen LogP contribution is -2.57. The fourth-order valence-corrected chi connectivity index (χ4v) is 7.13. The Kier molecular flexibility index (Phi) is 4.40. The molecule has 0 radical (unpaired) electrons. The van der Waals surface area contributed by atoms with Crippen LogP contribution in [0.15, 0.2) is 5.10 Å². The molecule has 4 fully saturated rings. The highest BCUT2D eigenvalue weighted by Crippen LogP contribution is 2.61. The average Bonchev–Trinajstić information content (AvgIpc) is 2.96. The van der Waals surface area contributed by atoms with Crippen LogP contribution in [0.2, 0.25) is 0 Å². The molecule has 0 aromatic heterocycles. The molecule has 27 heavy (non-hydrogen) atoms. The van der Waals surface area contributed by atoms with Crippen LogP contribution >= 0.6 is 0 Å². The Hall–Kier alpha value is -1.44. The van der Waals surface area contributed by atoms with Gasteiger partial charge in [0.05, 0.1) is 17.5 Å². The van der Waals surface area contributed by atoms with E-state index in [9.17, 15) is 18.0 Å². The van der Waals surface area contributed by atoms with Crippen LogP contribution in [0.1, 0.15) is 52.9 Å². The molecule has 0 unspecified atom stereocenters. The molecule has 2 aliphatic heterocycles. The van der Waals surface area contributed by atoms with Gasteiger partial charge in [-0.3, -0.25) is 4.79 Å². The van der Waals surface area contributed by atoms with Crippen LogP contribution in [-0.4, -0.2) is 54.7 Å². The van der Waals surface area contributed by atoms with Crippen molar-refractivity contribution in [3.05, 3.63) is 0 Å². The molecule has 0 aromatic rings. The minimum Gasteiger partial charge on any atom is -0.458 e. The Labute approximate surface area is 160 Å². The zero-order valence-electron chi connectivity index (χ0n) is 16.2. The van der Waals surface area contributed by atoms with Gasteiger partial charge >= 0.3 is 5.97 Å². The number of hydrogen-bond donors (Lipinski definition) is 0. The minimum absolute atomic E-state index is 0.0644. The van der Waals surface area contributed by atoms with Gasteiger partial charge in [-0.05, 0) is 42.4 Å². The number of hydrazone groups is 1. The first-order valence-corrected chi connectivity index (χ1v) is 11.7. The summed E-state index contributed by atoms with van der Waals surface area (Å²) in [7, 11) is -3.13. The number of hydrogen-bond acceptors (Lipinski definition) is 6. The Balaban J connectivity index is 1.44. The van der Waals surface area contributed by atoms with Crippen LogP contribution in [0, 0.1) is 23.2 Å². The summed E-state index contributed by atoms with van der Waals surface area (Å²) < 4.78 is 29.2. The molecule has 1 amide bonds. The summed E-state index contributed by atoms with van der Waals surface area (Å²) in [5.74, 6) is 0.788. The third kappa shape index (κ3) is 3.19. The highest BCUT2D eigenvalue weighted by Gasteiger charge is 2.57. The van der Waals surface area contributed by atoms with Gasteiger partial charge < -0.3 is 4.74 Å². The SMILES string of the molecule is C[C@H]1[C@H]2C[C@H](C[C@H]1OC(=O)C1=NN([C@H]3CCS(=O)(=O)C3)C(=O)CC1)C2(C)C. The lowest BCUT2D eigenvalue weighted by molar-refractivity contribution is -0.180. The van der Waals surface area contributed by atoms with Gasteiger partial charge in [0.25, 0.3) is 0 Å². The molecule has 1 saturated heterocycles. The van der Waals surface area contributed by atoms with E-state index in [1.165, 1.54) is 11.4 Å². The highest BCUT2D eigenvalue weighted by molar-refractivity contribution is 7.91. The maximum atomic E-state index is 12.7. The van der Waals surface area contributed by atoms with Crippen LogP contribution in [0.25, 0.3) is 0 Å². The summed E-state index contributed by atoms with van der Waals surface area (Å²) in [6, 6.07) is -0.465. The molecule has 0 spiro atoms. The normalized spacial score (nSPS) is 39.5. The molecule has 7 nitrogen and oxygen atoms in total. The smallest absolute Gasteiger partial charge is 0.354 e. The monoisotopic (exact) mass is 396 g/mol. The maximum Gasteiger partial charge on any atom is 0.354 e. The summed E-state index contributed by atoms with van der Waals surface area (Å²) in [5.41, 5.74) is 0.562. The minimum atomic E-state index is -3.13. The first kappa shape index (κ1) is 18.9. The predicted octanol–water partition coefficient (Wildman–Crippen LogP) is 1.77. The fourth-order valence-electron chi connectivity index (χ4n) is 5.44. The number of rotatable bonds is 3. The Morgan fingerprint density at radius 1 is 1.26 bits per heavy atom. The number of amides is 1. The van der Waals surface area contributed by atoms with Crippen molar-refractivity contribution in [1.82, 2.24) is 5.01 Å². The van der Waals surface area contributed by atoms with Crippen molar-refractivity contribution in [1.29, 1.82) is 0 Å². The molecule has 0 N–H and O–H groups in total. The number of fused-ring (bicyclic) bond motifs is 2. The Morgan fingerprint density at radius 2 is 2.00 bits per heavy atom. The second kappa shape index (κ2) is 6.29. The number of carbonyl (C=O) groups excluding carboxylic acids is 2. The van der Waals surface area contributed by atoms with Gasteiger partial charge in [-0.15, -0.1) is 0 Å². The van der Waals surface area contributed by atoms with E-state index in [0.717, 1.165) is 6.42 Å². The molecule has 3 aliphatic carbocycles. The Morgan fingerprint density at radius 3 is 2.59 bits per heavy atom. The van der Waals surface area contributed by atoms with Gasteiger partial charge in [0.2, 0.25) is 5.91 Å². The summed E-state index contributed by atoms with van der Waals surface area (Å²) >= 11 is 0. The third-order valence-electron chi connectivity index (χ3n) is 7.39. The molecular formula is C19H28N2O5S. The molecule has 3 saturated carbocycles. The second-order valence-electron chi connectivity index (χ2n) is 9.24. The van der Waals surface area contributed by atoms with Crippen molar-refractivity contribution in [2.45, 2.75) is 65.0 Å². The van der Waals surface area contributed by atoms with E-state index in [4.69, 9.17) is 4.74 Å². The molecule has 150 valence electrons. The molecule has 2 heterocycles. The molecule has 5 rings (SSSR count). The molecular weight excluding hydrogens is 368 g/mol. The van der Waals surface area contributed by atoms with Crippen molar-refractivity contribution in [2.24, 2.45) is 28.3 Å². The predicted molar refractivity (Wildman–Crippen MR) is 99.6 cm³/mol. The van der Waals surface area contributed by atoms with E-state index in [0.29, 0.717) is 29.6 Å². The standard InChI is InChI=1S/C19H28N2O5S/c1-11-14-8-12(19(14,2)3)9-16(11)26-18(23)15-4-5-17(22)21(20-15)13-6-7-27(24,25)10-13/h11-14,16H,4-10H2,1-3H3/t11-,12+,13-,14+,16+/m0/s1. The quantitative estimate of drug-likeness (QED) is 0.678. The second-order valence-corrected chi connectivity index (χ2v) is 11.5. The van der Waals surface area contributed by atoms with Crippen LogP contribution in [0.5, 0.6) is 0 Å². The van der Waals surface area contributed by atoms with Crippen LogP contribution in [0.3, 0.4) is 0 Å². The zero-order chi connectivity index (χ0) is 19.6. The topological polar surface area (TPSA) is 93.1 Å². The van der Waals surface area contributed by atoms with Crippen molar-refractivity contribution < 1.29 is 22.7 Å². The van der Waals surface area contributed by atoms with Gasteiger partial charge in [0.1, 0.15) is 11.8 Å². The van der Waals surface area contributed by atoms with E-state index in [2.05, 4.69) is 25.9 Å². The summed E-state index contributed by atoms with van der Waals surface area (Å²) in [5, 5.41) is 5.44. The van der Waals surface area contributed by atoms with Crippen molar-refractivity contribution >= 4 is 27.4 Å². The summed E-state index contributed by atoms with van der Waals surface area (Å²) in [6.07, 6.45) is 2.79. The average molecular weight is 397 g/mol. The van der Waals surface area contributed by atoms with E-state index in [1.807, 2.05) is 0 Å². The first-order chi connectivity index (χ1) is 12.6. The first-order valence-electron chi connectivity index (χ1n) is 9.89. The van der Waals surface area contributed by atoms with Gasteiger partial charge in [-0.1, -0.05) is 20.8 Å². The van der Waals surface area contributed by atoms with E-state index < -0.39 is 21.8 Å².